The SMILES string of the molecule is COc1cc(CC(=O)N(C)Cc2ncn[nH]2)ccc1C. The van der Waals surface area contributed by atoms with Crippen LogP contribution >= 0.6 is 0 Å². The molecule has 0 spiro atoms. The Bertz CT molecular complexity index is 581. The van der Waals surface area contributed by atoms with Gasteiger partial charge in [0, 0.05) is 7.05 Å². The second-order valence-corrected chi connectivity index (χ2v) is 4.66. The molecular formula is C14H18N4O2. The number of benzene rings is 1. The molecule has 2 rings (SSSR count). The zero-order valence-electron chi connectivity index (χ0n) is 11.9. The maximum atomic E-state index is 12.1. The molecule has 0 saturated carbocycles. The third kappa shape index (κ3) is 3.34. The van der Waals surface area contributed by atoms with Crippen LogP contribution < -0.4 is 4.74 Å². The average Bonchev–Trinajstić information content (AvgIpc) is 2.93. The van der Waals surface area contributed by atoms with Crippen LogP contribution in [0.15, 0.2) is 24.5 Å². The number of ether oxygens (including phenoxy) is 1. The third-order valence-corrected chi connectivity index (χ3v) is 3.11. The van der Waals surface area contributed by atoms with Crippen molar-refractivity contribution in [1.29, 1.82) is 0 Å². The fourth-order valence-corrected chi connectivity index (χ4v) is 1.90. The van der Waals surface area contributed by atoms with Crippen LogP contribution in [0, 0.1) is 6.92 Å². The van der Waals surface area contributed by atoms with Crippen LogP contribution in [0.2, 0.25) is 0 Å². The molecule has 0 aliphatic rings. The predicted octanol–water partition coefficient (Wildman–Crippen LogP) is 1.32. The molecule has 0 aliphatic carbocycles. The van der Waals surface area contributed by atoms with E-state index in [4.69, 9.17) is 4.74 Å². The topological polar surface area (TPSA) is 71.1 Å². The number of amides is 1. The number of methoxy groups -OCH3 is 1. The minimum Gasteiger partial charge on any atom is -0.496 e. The van der Waals surface area contributed by atoms with Crippen molar-refractivity contribution >= 4 is 5.91 Å². The van der Waals surface area contributed by atoms with Crippen LogP contribution in [0.5, 0.6) is 5.75 Å². The van der Waals surface area contributed by atoms with Crippen LogP contribution in [0.3, 0.4) is 0 Å². The monoisotopic (exact) mass is 274 g/mol. The maximum absolute atomic E-state index is 12.1. The Morgan fingerprint density at radius 1 is 1.45 bits per heavy atom. The fourth-order valence-electron chi connectivity index (χ4n) is 1.90. The van der Waals surface area contributed by atoms with Crippen molar-refractivity contribution in [2.45, 2.75) is 19.9 Å². The number of H-pyrrole nitrogens is 1. The summed E-state index contributed by atoms with van der Waals surface area (Å²) < 4.78 is 5.26. The molecule has 2 aromatic rings. The minimum absolute atomic E-state index is 0.0207. The van der Waals surface area contributed by atoms with E-state index in [1.165, 1.54) is 6.33 Å². The van der Waals surface area contributed by atoms with Gasteiger partial charge in [0.05, 0.1) is 20.1 Å². The van der Waals surface area contributed by atoms with Gasteiger partial charge in [0.15, 0.2) is 0 Å². The molecule has 1 amide bonds. The molecule has 0 radical (unpaired) electrons. The summed E-state index contributed by atoms with van der Waals surface area (Å²) in [6.45, 7) is 2.39. The molecule has 1 aromatic carbocycles. The van der Waals surface area contributed by atoms with Gasteiger partial charge in [-0.1, -0.05) is 12.1 Å². The average molecular weight is 274 g/mol. The van der Waals surface area contributed by atoms with E-state index in [1.807, 2.05) is 25.1 Å². The molecule has 0 unspecified atom stereocenters. The standard InChI is InChI=1S/C14H18N4O2/c1-10-4-5-11(6-12(10)20-3)7-14(19)18(2)8-13-15-9-16-17-13/h4-6,9H,7-8H2,1-3H3,(H,15,16,17). The molecule has 6 nitrogen and oxygen atoms in total. The lowest BCUT2D eigenvalue weighted by Gasteiger charge is -2.16. The number of nitrogens with one attached hydrogen (secondary N) is 1. The minimum atomic E-state index is 0.0207. The summed E-state index contributed by atoms with van der Waals surface area (Å²) >= 11 is 0. The lowest BCUT2D eigenvalue weighted by atomic mass is 10.1. The molecule has 0 bridgehead atoms. The number of aromatic nitrogens is 3. The molecule has 1 N–H and O–H groups in total. The molecule has 20 heavy (non-hydrogen) atoms. The van der Waals surface area contributed by atoms with E-state index in [-0.39, 0.29) is 5.91 Å². The number of carbonyl (C=O) groups is 1. The number of aryl methyl sites for hydroxylation is 1. The van der Waals surface area contributed by atoms with Crippen molar-refractivity contribution in [2.75, 3.05) is 14.2 Å². The molecule has 1 heterocycles. The quantitative estimate of drug-likeness (QED) is 0.892. The van der Waals surface area contributed by atoms with E-state index in [0.717, 1.165) is 16.9 Å². The Labute approximate surface area is 117 Å². The molecule has 0 atom stereocenters. The Balaban J connectivity index is 2.00. The van der Waals surface area contributed by atoms with E-state index in [0.29, 0.717) is 18.8 Å². The summed E-state index contributed by atoms with van der Waals surface area (Å²) in [7, 11) is 3.38. The number of hydrogen-bond donors (Lipinski definition) is 1. The number of nitrogens with zero attached hydrogens (tertiary/aromatic N) is 3. The van der Waals surface area contributed by atoms with Crippen molar-refractivity contribution in [3.63, 3.8) is 0 Å². The van der Waals surface area contributed by atoms with Crippen LogP contribution in [-0.2, 0) is 17.8 Å². The normalized spacial score (nSPS) is 10.3. The van der Waals surface area contributed by atoms with Crippen molar-refractivity contribution in [3.8, 4) is 5.75 Å². The summed E-state index contributed by atoms with van der Waals surface area (Å²) in [6, 6.07) is 5.80. The van der Waals surface area contributed by atoms with Crippen LogP contribution in [-0.4, -0.2) is 40.1 Å². The van der Waals surface area contributed by atoms with Crippen LogP contribution in [0.25, 0.3) is 0 Å². The van der Waals surface area contributed by atoms with Gasteiger partial charge in [-0.05, 0) is 24.1 Å². The van der Waals surface area contributed by atoms with E-state index in [2.05, 4.69) is 15.2 Å². The fraction of sp³-hybridized carbons (Fsp3) is 0.357. The highest BCUT2D eigenvalue weighted by atomic mass is 16.5. The van der Waals surface area contributed by atoms with Crippen molar-refractivity contribution in [2.24, 2.45) is 0 Å². The Morgan fingerprint density at radius 3 is 2.90 bits per heavy atom. The highest BCUT2D eigenvalue weighted by Gasteiger charge is 2.12. The van der Waals surface area contributed by atoms with E-state index >= 15 is 0 Å². The van der Waals surface area contributed by atoms with Gasteiger partial charge in [0.25, 0.3) is 0 Å². The van der Waals surface area contributed by atoms with Crippen LogP contribution in [0.1, 0.15) is 17.0 Å². The Morgan fingerprint density at radius 2 is 2.25 bits per heavy atom. The number of carbonyl (C=O) groups excluding carboxylic acids is 1. The summed E-state index contributed by atoms with van der Waals surface area (Å²) in [5, 5.41) is 6.50. The van der Waals surface area contributed by atoms with Gasteiger partial charge in [-0.25, -0.2) is 4.98 Å². The molecule has 1 aromatic heterocycles. The number of hydrogen-bond acceptors (Lipinski definition) is 4. The molecule has 0 fully saturated rings. The number of likely N-dealkylation sites (N-methyl/N-ethyl adjacent to an activating group) is 1. The molecule has 106 valence electrons. The summed E-state index contributed by atoms with van der Waals surface area (Å²) in [6.07, 6.45) is 1.76. The summed E-state index contributed by atoms with van der Waals surface area (Å²) in [5.41, 5.74) is 1.99. The summed E-state index contributed by atoms with van der Waals surface area (Å²) in [5.74, 6) is 1.49. The lowest BCUT2D eigenvalue weighted by Crippen LogP contribution is -2.28. The highest BCUT2D eigenvalue weighted by molar-refractivity contribution is 5.78. The van der Waals surface area contributed by atoms with Gasteiger partial charge >= 0.3 is 0 Å². The first kappa shape index (κ1) is 14.0. The number of rotatable bonds is 5. The Hall–Kier alpha value is -2.37. The van der Waals surface area contributed by atoms with E-state index in [1.54, 1.807) is 19.1 Å². The van der Waals surface area contributed by atoms with Gasteiger partial charge in [0.1, 0.15) is 17.9 Å². The highest BCUT2D eigenvalue weighted by Crippen LogP contribution is 2.19. The van der Waals surface area contributed by atoms with E-state index in [9.17, 15) is 4.79 Å². The summed E-state index contributed by atoms with van der Waals surface area (Å²) in [4.78, 5) is 17.8. The van der Waals surface area contributed by atoms with Crippen molar-refractivity contribution in [1.82, 2.24) is 20.1 Å². The largest absolute Gasteiger partial charge is 0.496 e. The zero-order chi connectivity index (χ0) is 14.5. The van der Waals surface area contributed by atoms with E-state index < -0.39 is 0 Å². The third-order valence-electron chi connectivity index (χ3n) is 3.11. The van der Waals surface area contributed by atoms with Gasteiger partial charge in [0.2, 0.25) is 5.91 Å². The van der Waals surface area contributed by atoms with Gasteiger partial charge in [-0.2, -0.15) is 5.10 Å². The Kier molecular flexibility index (Phi) is 4.34. The first-order valence-electron chi connectivity index (χ1n) is 6.32. The molecule has 0 aliphatic heterocycles. The molecule has 0 saturated heterocycles. The number of aromatic amines is 1. The second-order valence-electron chi connectivity index (χ2n) is 4.66. The van der Waals surface area contributed by atoms with Crippen molar-refractivity contribution in [3.05, 3.63) is 41.5 Å². The first-order valence-corrected chi connectivity index (χ1v) is 6.32. The molecular weight excluding hydrogens is 256 g/mol. The van der Waals surface area contributed by atoms with Crippen LogP contribution in [0.4, 0.5) is 0 Å². The lowest BCUT2D eigenvalue weighted by molar-refractivity contribution is -0.129. The predicted molar refractivity (Wildman–Crippen MR) is 74.3 cm³/mol. The second kappa shape index (κ2) is 6.18. The molecule has 6 heteroatoms. The van der Waals surface area contributed by atoms with Gasteiger partial charge in [-0.15, -0.1) is 0 Å². The first-order chi connectivity index (χ1) is 9.60. The smallest absolute Gasteiger partial charge is 0.227 e. The van der Waals surface area contributed by atoms with Gasteiger partial charge < -0.3 is 9.64 Å². The van der Waals surface area contributed by atoms with Crippen molar-refractivity contribution < 1.29 is 9.53 Å². The zero-order valence-corrected chi connectivity index (χ0v) is 11.9. The maximum Gasteiger partial charge on any atom is 0.227 e. The van der Waals surface area contributed by atoms with Gasteiger partial charge in [-0.3, -0.25) is 9.89 Å².